The van der Waals surface area contributed by atoms with Crippen LogP contribution in [0.1, 0.15) is 11.1 Å². The summed E-state index contributed by atoms with van der Waals surface area (Å²) in [6.45, 7) is 0.731. The van der Waals surface area contributed by atoms with Crippen LogP contribution in [0.5, 0.6) is 11.5 Å². The van der Waals surface area contributed by atoms with E-state index in [1.54, 1.807) is 19.2 Å². The first-order valence-electron chi connectivity index (χ1n) is 7.47. The van der Waals surface area contributed by atoms with Crippen molar-refractivity contribution in [3.8, 4) is 11.5 Å². The summed E-state index contributed by atoms with van der Waals surface area (Å²) in [6, 6.07) is 11.7. The molecule has 0 aliphatic carbocycles. The van der Waals surface area contributed by atoms with Gasteiger partial charge in [-0.05, 0) is 47.9 Å². The van der Waals surface area contributed by atoms with Crippen molar-refractivity contribution in [1.29, 1.82) is 0 Å². The second-order valence-electron chi connectivity index (χ2n) is 5.53. The summed E-state index contributed by atoms with van der Waals surface area (Å²) in [5, 5.41) is 2.87. The van der Waals surface area contributed by atoms with Crippen LogP contribution in [-0.4, -0.2) is 19.6 Å². The summed E-state index contributed by atoms with van der Waals surface area (Å²) in [4.78, 5) is 12.3. The lowest BCUT2D eigenvalue weighted by molar-refractivity contribution is -0.126. The molecule has 5 heteroatoms. The van der Waals surface area contributed by atoms with Crippen molar-refractivity contribution in [3.63, 3.8) is 0 Å². The van der Waals surface area contributed by atoms with Gasteiger partial charge in [0.15, 0.2) is 0 Å². The summed E-state index contributed by atoms with van der Waals surface area (Å²) in [5.74, 6) is 0.956. The molecule has 1 N–H and O–H groups in total. The number of hydrogen-bond acceptors (Lipinski definition) is 3. The molecule has 1 aliphatic heterocycles. The van der Waals surface area contributed by atoms with E-state index >= 15 is 0 Å². The normalized spacial score (nSPS) is 16.2. The first kappa shape index (κ1) is 15.3. The number of carbonyl (C=O) groups excluding carboxylic acids is 1. The number of methoxy groups -OCH3 is 1. The predicted molar refractivity (Wildman–Crippen MR) is 83.9 cm³/mol. The second-order valence-corrected chi connectivity index (χ2v) is 5.53. The minimum absolute atomic E-state index is 0.0669. The molecule has 1 heterocycles. The largest absolute Gasteiger partial charge is 0.497 e. The number of carbonyl (C=O) groups is 1. The Morgan fingerprint density at radius 1 is 1.30 bits per heavy atom. The van der Waals surface area contributed by atoms with Crippen LogP contribution in [-0.2, 0) is 17.8 Å². The van der Waals surface area contributed by atoms with E-state index < -0.39 is 0 Å². The van der Waals surface area contributed by atoms with E-state index in [0.29, 0.717) is 19.6 Å². The predicted octanol–water partition coefficient (Wildman–Crippen LogP) is 2.70. The fourth-order valence-corrected chi connectivity index (χ4v) is 2.60. The Morgan fingerprint density at radius 2 is 2.09 bits per heavy atom. The Hall–Kier alpha value is -2.56. The molecule has 23 heavy (non-hydrogen) atoms. The second kappa shape index (κ2) is 6.69. The molecular weight excluding hydrogens is 297 g/mol. The molecular formula is C18H18FNO3. The number of rotatable bonds is 4. The summed E-state index contributed by atoms with van der Waals surface area (Å²) in [7, 11) is 1.61. The molecule has 0 spiro atoms. The van der Waals surface area contributed by atoms with Crippen LogP contribution in [0.2, 0.25) is 0 Å². The average molecular weight is 315 g/mol. The lowest BCUT2D eigenvalue weighted by Crippen LogP contribution is -2.37. The van der Waals surface area contributed by atoms with Gasteiger partial charge in [0.1, 0.15) is 23.9 Å². The molecule has 0 saturated carbocycles. The number of ether oxygens (including phenoxy) is 2. The van der Waals surface area contributed by atoms with Crippen molar-refractivity contribution < 1.29 is 18.7 Å². The summed E-state index contributed by atoms with van der Waals surface area (Å²) >= 11 is 0. The van der Waals surface area contributed by atoms with Crippen molar-refractivity contribution in [2.24, 2.45) is 5.92 Å². The number of hydrogen-bond donors (Lipinski definition) is 1. The Labute approximate surface area is 134 Å². The molecule has 2 aromatic carbocycles. The zero-order chi connectivity index (χ0) is 16.2. The molecule has 1 amide bonds. The van der Waals surface area contributed by atoms with Gasteiger partial charge in [0.2, 0.25) is 5.91 Å². The van der Waals surface area contributed by atoms with Crippen LogP contribution in [0.4, 0.5) is 4.39 Å². The summed E-state index contributed by atoms with van der Waals surface area (Å²) < 4.78 is 23.7. The first-order chi connectivity index (χ1) is 11.2. The van der Waals surface area contributed by atoms with Gasteiger partial charge in [-0.1, -0.05) is 12.1 Å². The van der Waals surface area contributed by atoms with Gasteiger partial charge >= 0.3 is 0 Å². The summed E-state index contributed by atoms with van der Waals surface area (Å²) in [6.07, 6.45) is 0.613. The topological polar surface area (TPSA) is 47.6 Å². The first-order valence-corrected chi connectivity index (χ1v) is 7.47. The molecule has 0 fully saturated rings. The molecule has 0 unspecified atom stereocenters. The van der Waals surface area contributed by atoms with Crippen molar-refractivity contribution in [2.45, 2.75) is 13.0 Å². The van der Waals surface area contributed by atoms with E-state index in [-0.39, 0.29) is 17.6 Å². The quantitative estimate of drug-likeness (QED) is 0.944. The van der Waals surface area contributed by atoms with Crippen LogP contribution in [0.15, 0.2) is 42.5 Å². The van der Waals surface area contributed by atoms with E-state index in [9.17, 15) is 9.18 Å². The molecule has 0 bridgehead atoms. The number of halogens is 1. The number of nitrogens with one attached hydrogen (secondary N) is 1. The third kappa shape index (κ3) is 3.62. The maximum absolute atomic E-state index is 12.9. The van der Waals surface area contributed by atoms with Crippen molar-refractivity contribution in [1.82, 2.24) is 5.32 Å². The fraction of sp³-hybridized carbons (Fsp3) is 0.278. The molecule has 4 nitrogen and oxygen atoms in total. The lowest BCUT2D eigenvalue weighted by atomic mass is 9.95. The molecule has 3 rings (SSSR count). The van der Waals surface area contributed by atoms with Gasteiger partial charge in [0.05, 0.1) is 13.0 Å². The SMILES string of the molecule is COc1ccc2c(c1)C[C@H](C(=O)NCc1ccc(F)cc1)CO2. The highest BCUT2D eigenvalue weighted by atomic mass is 19.1. The molecule has 1 atom stereocenters. The number of amides is 1. The van der Waals surface area contributed by atoms with Crippen LogP contribution >= 0.6 is 0 Å². The Morgan fingerprint density at radius 3 is 2.83 bits per heavy atom. The van der Waals surface area contributed by atoms with Gasteiger partial charge in [0, 0.05) is 6.54 Å². The summed E-state index contributed by atoms with van der Waals surface area (Å²) in [5.41, 5.74) is 1.83. The van der Waals surface area contributed by atoms with Crippen LogP contribution in [0, 0.1) is 11.7 Å². The number of fused-ring (bicyclic) bond motifs is 1. The monoisotopic (exact) mass is 315 g/mol. The number of benzene rings is 2. The van der Waals surface area contributed by atoms with Crippen molar-refractivity contribution in [2.75, 3.05) is 13.7 Å². The van der Waals surface area contributed by atoms with Crippen LogP contribution in [0.25, 0.3) is 0 Å². The van der Waals surface area contributed by atoms with Crippen LogP contribution < -0.4 is 14.8 Å². The van der Waals surface area contributed by atoms with E-state index in [1.807, 2.05) is 18.2 Å². The standard InChI is InChI=1S/C18H18FNO3/c1-22-16-6-7-17-13(9-16)8-14(11-23-17)18(21)20-10-12-2-4-15(19)5-3-12/h2-7,9,14H,8,10-11H2,1H3,(H,20,21)/t14-/m0/s1. The highest BCUT2D eigenvalue weighted by Gasteiger charge is 2.26. The Balaban J connectivity index is 1.61. The van der Waals surface area contributed by atoms with E-state index in [2.05, 4.69) is 5.32 Å². The van der Waals surface area contributed by atoms with E-state index in [4.69, 9.17) is 9.47 Å². The highest BCUT2D eigenvalue weighted by Crippen LogP contribution is 2.30. The van der Waals surface area contributed by atoms with Gasteiger partial charge in [-0.3, -0.25) is 4.79 Å². The third-order valence-corrected chi connectivity index (χ3v) is 3.92. The van der Waals surface area contributed by atoms with Gasteiger partial charge in [-0.25, -0.2) is 4.39 Å². The minimum Gasteiger partial charge on any atom is -0.497 e. The highest BCUT2D eigenvalue weighted by molar-refractivity contribution is 5.79. The Bertz CT molecular complexity index is 700. The fourth-order valence-electron chi connectivity index (χ4n) is 2.60. The zero-order valence-electron chi connectivity index (χ0n) is 12.8. The Kier molecular flexibility index (Phi) is 4.46. The van der Waals surface area contributed by atoms with Gasteiger partial charge in [-0.2, -0.15) is 0 Å². The molecule has 1 aliphatic rings. The van der Waals surface area contributed by atoms with E-state index in [0.717, 1.165) is 22.6 Å². The smallest absolute Gasteiger partial charge is 0.227 e. The zero-order valence-corrected chi connectivity index (χ0v) is 12.8. The average Bonchev–Trinajstić information content (AvgIpc) is 2.60. The van der Waals surface area contributed by atoms with Crippen LogP contribution in [0.3, 0.4) is 0 Å². The molecule has 0 aromatic heterocycles. The molecule has 0 saturated heterocycles. The van der Waals surface area contributed by atoms with E-state index in [1.165, 1.54) is 12.1 Å². The maximum Gasteiger partial charge on any atom is 0.227 e. The minimum atomic E-state index is -0.286. The molecule has 120 valence electrons. The van der Waals surface area contributed by atoms with Gasteiger partial charge < -0.3 is 14.8 Å². The van der Waals surface area contributed by atoms with Gasteiger partial charge in [-0.15, -0.1) is 0 Å². The van der Waals surface area contributed by atoms with Gasteiger partial charge in [0.25, 0.3) is 0 Å². The third-order valence-electron chi connectivity index (χ3n) is 3.92. The maximum atomic E-state index is 12.9. The molecule has 0 radical (unpaired) electrons. The lowest BCUT2D eigenvalue weighted by Gasteiger charge is -2.25. The molecule has 2 aromatic rings. The van der Waals surface area contributed by atoms with Crippen molar-refractivity contribution in [3.05, 3.63) is 59.4 Å². The van der Waals surface area contributed by atoms with Crippen molar-refractivity contribution >= 4 is 5.91 Å².